The van der Waals surface area contributed by atoms with Crippen molar-refractivity contribution in [1.82, 2.24) is 0 Å². The minimum Gasteiger partial charge on any atom is -0.490 e. The minimum absolute atomic E-state index is 0.325. The van der Waals surface area contributed by atoms with Crippen LogP contribution in [0, 0.1) is 5.92 Å². The van der Waals surface area contributed by atoms with E-state index in [-0.39, 0.29) is 5.60 Å². The highest BCUT2D eigenvalue weighted by Gasteiger charge is 2.41. The lowest BCUT2D eigenvalue weighted by Crippen LogP contribution is -2.37. The fourth-order valence-electron chi connectivity index (χ4n) is 3.07. The van der Waals surface area contributed by atoms with Crippen molar-refractivity contribution < 1.29 is 4.74 Å². The maximum absolute atomic E-state index is 6.03. The maximum atomic E-state index is 6.03. The molecule has 0 fully saturated rings. The fraction of sp³-hybridized carbons (Fsp3) is 0.263. The van der Waals surface area contributed by atoms with Crippen LogP contribution >= 0.6 is 11.6 Å². The fourth-order valence-corrected chi connectivity index (χ4v) is 3.19. The van der Waals surface area contributed by atoms with Crippen LogP contribution in [0.2, 0.25) is 5.02 Å². The van der Waals surface area contributed by atoms with Crippen molar-refractivity contribution in [3.63, 3.8) is 0 Å². The first-order valence-corrected chi connectivity index (χ1v) is 7.64. The molecule has 1 heterocycles. The SMILES string of the molecule is C[C@H]1[C@H](c2ccccc2)C=CO[C@]1(C)c1ccc(Cl)cc1. The highest BCUT2D eigenvalue weighted by atomic mass is 35.5. The van der Waals surface area contributed by atoms with E-state index in [9.17, 15) is 0 Å². The van der Waals surface area contributed by atoms with Gasteiger partial charge < -0.3 is 4.74 Å². The molecule has 0 N–H and O–H groups in total. The molecule has 0 spiro atoms. The van der Waals surface area contributed by atoms with Crippen LogP contribution in [-0.2, 0) is 10.3 Å². The van der Waals surface area contributed by atoms with Crippen LogP contribution in [-0.4, -0.2) is 0 Å². The van der Waals surface area contributed by atoms with Crippen molar-refractivity contribution in [3.8, 4) is 0 Å². The minimum atomic E-state index is -0.347. The number of halogens is 1. The summed E-state index contributed by atoms with van der Waals surface area (Å²) >= 11 is 6.00. The van der Waals surface area contributed by atoms with Gasteiger partial charge in [-0.1, -0.05) is 61.0 Å². The average Bonchev–Trinajstić information content (AvgIpc) is 2.51. The van der Waals surface area contributed by atoms with Crippen LogP contribution in [0.1, 0.15) is 30.9 Å². The monoisotopic (exact) mass is 298 g/mol. The Morgan fingerprint density at radius 2 is 1.67 bits per heavy atom. The molecule has 2 aromatic carbocycles. The molecular weight excluding hydrogens is 280 g/mol. The Labute approximate surface area is 131 Å². The zero-order chi connectivity index (χ0) is 14.9. The van der Waals surface area contributed by atoms with Crippen LogP contribution in [0.3, 0.4) is 0 Å². The van der Waals surface area contributed by atoms with Crippen molar-refractivity contribution in [1.29, 1.82) is 0 Å². The van der Waals surface area contributed by atoms with Crippen LogP contribution < -0.4 is 0 Å². The summed E-state index contributed by atoms with van der Waals surface area (Å²) in [5, 5.41) is 0.751. The van der Waals surface area contributed by atoms with Gasteiger partial charge in [0.1, 0.15) is 5.60 Å². The van der Waals surface area contributed by atoms with Crippen LogP contribution in [0.25, 0.3) is 0 Å². The maximum Gasteiger partial charge on any atom is 0.134 e. The number of ether oxygens (including phenoxy) is 1. The standard InChI is InChI=1S/C19H19ClO/c1-14-18(15-6-4-3-5-7-15)12-13-21-19(14,2)16-8-10-17(20)11-9-16/h3-14,18H,1-2H3/t14-,18+,19-/m0/s1. The van der Waals surface area contributed by atoms with Crippen molar-refractivity contribution >= 4 is 11.6 Å². The second-order valence-electron chi connectivity index (χ2n) is 5.79. The number of hydrogen-bond acceptors (Lipinski definition) is 1. The summed E-state index contributed by atoms with van der Waals surface area (Å²) in [7, 11) is 0. The lowest BCUT2D eigenvalue weighted by Gasteiger charge is -2.42. The molecule has 0 amide bonds. The van der Waals surface area contributed by atoms with Crippen LogP contribution in [0.4, 0.5) is 0 Å². The molecule has 0 saturated heterocycles. The second kappa shape index (κ2) is 5.57. The summed E-state index contributed by atoms with van der Waals surface area (Å²) in [5.74, 6) is 0.673. The normalized spacial score (nSPS) is 28.1. The lowest BCUT2D eigenvalue weighted by molar-refractivity contribution is -0.0330. The molecule has 0 bridgehead atoms. The number of allylic oxidation sites excluding steroid dienone is 1. The Kier molecular flexibility index (Phi) is 3.77. The van der Waals surface area contributed by atoms with E-state index in [1.165, 1.54) is 5.56 Å². The quantitative estimate of drug-likeness (QED) is 0.709. The van der Waals surface area contributed by atoms with Gasteiger partial charge in [-0.3, -0.25) is 0 Å². The summed E-state index contributed by atoms with van der Waals surface area (Å²) in [6, 6.07) is 18.5. The smallest absolute Gasteiger partial charge is 0.134 e. The van der Waals surface area contributed by atoms with Gasteiger partial charge in [-0.25, -0.2) is 0 Å². The molecule has 1 nitrogen and oxygen atoms in total. The predicted octanol–water partition coefficient (Wildman–Crippen LogP) is 5.52. The van der Waals surface area contributed by atoms with Crippen molar-refractivity contribution in [2.24, 2.45) is 5.92 Å². The number of rotatable bonds is 2. The van der Waals surface area contributed by atoms with Gasteiger partial charge in [-0.05, 0) is 36.3 Å². The van der Waals surface area contributed by atoms with E-state index in [1.807, 2.05) is 18.4 Å². The Bertz CT molecular complexity index is 632. The second-order valence-corrected chi connectivity index (χ2v) is 6.22. The Morgan fingerprint density at radius 1 is 1.00 bits per heavy atom. The molecule has 2 aromatic rings. The van der Waals surface area contributed by atoms with E-state index >= 15 is 0 Å². The van der Waals surface area contributed by atoms with E-state index in [0.29, 0.717) is 11.8 Å². The molecule has 3 rings (SSSR count). The topological polar surface area (TPSA) is 9.23 Å². The molecular formula is C19H19ClO. The molecule has 1 aliphatic rings. The number of benzene rings is 2. The lowest BCUT2D eigenvalue weighted by atomic mass is 9.72. The zero-order valence-electron chi connectivity index (χ0n) is 12.3. The van der Waals surface area contributed by atoms with Crippen molar-refractivity contribution in [2.75, 3.05) is 0 Å². The molecule has 0 aliphatic carbocycles. The predicted molar refractivity (Wildman–Crippen MR) is 87.4 cm³/mol. The van der Waals surface area contributed by atoms with Gasteiger partial charge >= 0.3 is 0 Å². The van der Waals surface area contributed by atoms with E-state index in [0.717, 1.165) is 10.6 Å². The average molecular weight is 299 g/mol. The number of hydrogen-bond donors (Lipinski definition) is 0. The first-order valence-electron chi connectivity index (χ1n) is 7.27. The highest BCUT2D eigenvalue weighted by Crippen LogP contribution is 2.45. The molecule has 0 saturated carbocycles. The largest absolute Gasteiger partial charge is 0.490 e. The van der Waals surface area contributed by atoms with Gasteiger partial charge in [-0.15, -0.1) is 0 Å². The summed E-state index contributed by atoms with van der Waals surface area (Å²) < 4.78 is 6.03. The van der Waals surface area contributed by atoms with Gasteiger partial charge in [0.2, 0.25) is 0 Å². The molecule has 21 heavy (non-hydrogen) atoms. The van der Waals surface area contributed by atoms with Gasteiger partial charge in [-0.2, -0.15) is 0 Å². The Balaban J connectivity index is 1.98. The third-order valence-corrected chi connectivity index (χ3v) is 4.86. The summed E-state index contributed by atoms with van der Waals surface area (Å²) in [5.41, 5.74) is 2.13. The first-order chi connectivity index (χ1) is 10.1. The van der Waals surface area contributed by atoms with E-state index < -0.39 is 0 Å². The molecule has 1 aliphatic heterocycles. The third kappa shape index (κ3) is 2.58. The van der Waals surface area contributed by atoms with Gasteiger partial charge in [0, 0.05) is 16.9 Å². The van der Waals surface area contributed by atoms with Crippen molar-refractivity contribution in [3.05, 3.63) is 83.1 Å². The van der Waals surface area contributed by atoms with Gasteiger partial charge in [0.05, 0.1) is 6.26 Å². The zero-order valence-corrected chi connectivity index (χ0v) is 13.0. The first kappa shape index (κ1) is 14.2. The molecule has 0 radical (unpaired) electrons. The van der Waals surface area contributed by atoms with Crippen molar-refractivity contribution in [2.45, 2.75) is 25.4 Å². The molecule has 3 atom stereocenters. The van der Waals surface area contributed by atoms with Crippen LogP contribution in [0.5, 0.6) is 0 Å². The highest BCUT2D eigenvalue weighted by molar-refractivity contribution is 6.30. The summed E-state index contributed by atoms with van der Waals surface area (Å²) in [4.78, 5) is 0. The summed E-state index contributed by atoms with van der Waals surface area (Å²) in [6.07, 6.45) is 3.99. The van der Waals surface area contributed by atoms with E-state index in [1.54, 1.807) is 0 Å². The van der Waals surface area contributed by atoms with Gasteiger partial charge in [0.25, 0.3) is 0 Å². The molecule has 0 aromatic heterocycles. The Hall–Kier alpha value is -1.73. The van der Waals surface area contributed by atoms with Gasteiger partial charge in [0.15, 0.2) is 0 Å². The van der Waals surface area contributed by atoms with Crippen LogP contribution in [0.15, 0.2) is 66.9 Å². The third-order valence-electron chi connectivity index (χ3n) is 4.61. The summed E-state index contributed by atoms with van der Waals surface area (Å²) in [6.45, 7) is 4.40. The Morgan fingerprint density at radius 3 is 2.33 bits per heavy atom. The van der Waals surface area contributed by atoms with E-state index in [2.05, 4.69) is 62.4 Å². The molecule has 108 valence electrons. The van der Waals surface area contributed by atoms with E-state index in [4.69, 9.17) is 16.3 Å². The molecule has 2 heteroatoms. The molecule has 0 unspecified atom stereocenters.